The van der Waals surface area contributed by atoms with Crippen LogP contribution in [0.1, 0.15) is 18.4 Å². The molecule has 1 heterocycles. The molecular weight excluding hydrogens is 248 g/mol. The number of carbonyl (C=O) groups excluding carboxylic acids is 1. The quantitative estimate of drug-likeness (QED) is 0.908. The lowest BCUT2D eigenvalue weighted by Crippen LogP contribution is -2.44. The fourth-order valence-electron chi connectivity index (χ4n) is 2.30. The summed E-state index contributed by atoms with van der Waals surface area (Å²) >= 11 is 0. The van der Waals surface area contributed by atoms with Gasteiger partial charge in [0.2, 0.25) is 5.91 Å². The van der Waals surface area contributed by atoms with Crippen LogP contribution in [-0.4, -0.2) is 37.0 Å². The molecule has 0 aliphatic carbocycles. The van der Waals surface area contributed by atoms with E-state index in [-0.39, 0.29) is 18.3 Å². The molecule has 1 N–H and O–H groups in total. The average molecular weight is 269 g/mol. The highest BCUT2D eigenvalue weighted by atomic mass is 35.5. The van der Waals surface area contributed by atoms with E-state index >= 15 is 0 Å². The summed E-state index contributed by atoms with van der Waals surface area (Å²) in [5, 5.41) is 3.28. The molecule has 1 aromatic carbocycles. The Morgan fingerprint density at radius 2 is 1.89 bits per heavy atom. The summed E-state index contributed by atoms with van der Waals surface area (Å²) in [6, 6.07) is 10.5. The first-order chi connectivity index (χ1) is 8.29. The molecule has 0 spiro atoms. The highest BCUT2D eigenvalue weighted by Crippen LogP contribution is 2.12. The van der Waals surface area contributed by atoms with Crippen molar-refractivity contribution in [2.45, 2.75) is 25.3 Å². The normalized spacial score (nSPS) is 16.2. The number of carbonyl (C=O) groups is 1. The first kappa shape index (κ1) is 15.0. The van der Waals surface area contributed by atoms with Gasteiger partial charge in [0.25, 0.3) is 0 Å². The van der Waals surface area contributed by atoms with Gasteiger partial charge in [-0.05, 0) is 25.5 Å². The number of likely N-dealkylation sites (tertiary alicyclic amines) is 1. The van der Waals surface area contributed by atoms with Crippen molar-refractivity contribution < 1.29 is 4.79 Å². The molecule has 0 aromatic heterocycles. The highest BCUT2D eigenvalue weighted by Gasteiger charge is 2.21. The summed E-state index contributed by atoms with van der Waals surface area (Å²) in [5.74, 6) is 0.255. The van der Waals surface area contributed by atoms with Crippen LogP contribution in [0, 0.1) is 0 Å². The predicted molar refractivity (Wildman–Crippen MR) is 76.1 cm³/mol. The molecule has 0 bridgehead atoms. The van der Waals surface area contributed by atoms with Gasteiger partial charge in [-0.25, -0.2) is 0 Å². The van der Waals surface area contributed by atoms with Crippen LogP contribution in [0.5, 0.6) is 0 Å². The lowest BCUT2D eigenvalue weighted by Gasteiger charge is -2.31. The van der Waals surface area contributed by atoms with E-state index in [4.69, 9.17) is 0 Å². The second-order valence-electron chi connectivity index (χ2n) is 4.61. The minimum Gasteiger partial charge on any atom is -0.342 e. The Hall–Kier alpha value is -1.06. The van der Waals surface area contributed by atoms with Gasteiger partial charge >= 0.3 is 0 Å². The van der Waals surface area contributed by atoms with Gasteiger partial charge in [0.15, 0.2) is 0 Å². The minimum absolute atomic E-state index is 0. The number of nitrogens with one attached hydrogen (secondary N) is 1. The standard InChI is InChI=1S/C14H20N2O.ClH/c1-15-13-7-9-16(10-8-13)14(17)11-12-5-3-2-4-6-12;/h2-6,13,15H,7-11H2,1H3;1H. The Kier molecular flexibility index (Phi) is 6.16. The maximum atomic E-state index is 12.1. The van der Waals surface area contributed by atoms with Crippen molar-refractivity contribution in [3.8, 4) is 0 Å². The molecular formula is C14H21ClN2O. The van der Waals surface area contributed by atoms with Gasteiger partial charge in [-0.15, -0.1) is 12.4 Å². The van der Waals surface area contributed by atoms with E-state index in [1.807, 2.05) is 42.3 Å². The van der Waals surface area contributed by atoms with E-state index in [1.54, 1.807) is 0 Å². The van der Waals surface area contributed by atoms with Crippen LogP contribution in [0.4, 0.5) is 0 Å². The zero-order valence-electron chi connectivity index (χ0n) is 10.8. The summed E-state index contributed by atoms with van der Waals surface area (Å²) in [7, 11) is 1.99. The fraction of sp³-hybridized carbons (Fsp3) is 0.500. The third-order valence-electron chi connectivity index (χ3n) is 3.45. The number of amides is 1. The Balaban J connectivity index is 0.00000162. The Bertz CT molecular complexity index is 361. The molecule has 1 aromatic rings. The number of benzene rings is 1. The molecule has 1 aliphatic rings. The van der Waals surface area contributed by atoms with Gasteiger partial charge < -0.3 is 10.2 Å². The third-order valence-corrected chi connectivity index (χ3v) is 3.45. The number of nitrogens with zero attached hydrogens (tertiary/aromatic N) is 1. The van der Waals surface area contributed by atoms with Gasteiger partial charge in [-0.3, -0.25) is 4.79 Å². The number of piperidine rings is 1. The van der Waals surface area contributed by atoms with E-state index in [0.29, 0.717) is 12.5 Å². The minimum atomic E-state index is 0. The van der Waals surface area contributed by atoms with Crippen molar-refractivity contribution >= 4 is 18.3 Å². The molecule has 2 rings (SSSR count). The summed E-state index contributed by atoms with van der Waals surface area (Å²) in [6.45, 7) is 1.77. The maximum Gasteiger partial charge on any atom is 0.226 e. The highest BCUT2D eigenvalue weighted by molar-refractivity contribution is 5.85. The first-order valence-electron chi connectivity index (χ1n) is 6.28. The van der Waals surface area contributed by atoms with Crippen molar-refractivity contribution in [3.63, 3.8) is 0 Å². The zero-order chi connectivity index (χ0) is 12.1. The van der Waals surface area contributed by atoms with Gasteiger partial charge in [-0.2, -0.15) is 0 Å². The largest absolute Gasteiger partial charge is 0.342 e. The second-order valence-corrected chi connectivity index (χ2v) is 4.61. The number of hydrogen-bond acceptors (Lipinski definition) is 2. The SMILES string of the molecule is CNC1CCN(C(=O)Cc2ccccc2)CC1.Cl. The molecule has 1 saturated heterocycles. The molecule has 18 heavy (non-hydrogen) atoms. The summed E-state index contributed by atoms with van der Waals surface area (Å²) in [5.41, 5.74) is 1.10. The van der Waals surface area contributed by atoms with Crippen LogP contribution in [0.15, 0.2) is 30.3 Å². The van der Waals surface area contributed by atoms with E-state index in [2.05, 4.69) is 5.32 Å². The van der Waals surface area contributed by atoms with Crippen molar-refractivity contribution in [2.75, 3.05) is 20.1 Å². The molecule has 4 heteroatoms. The second kappa shape index (κ2) is 7.39. The molecule has 0 atom stereocenters. The van der Waals surface area contributed by atoms with Crippen LogP contribution in [0.2, 0.25) is 0 Å². The van der Waals surface area contributed by atoms with E-state index in [0.717, 1.165) is 31.5 Å². The van der Waals surface area contributed by atoms with Crippen LogP contribution < -0.4 is 5.32 Å². The number of hydrogen-bond donors (Lipinski definition) is 1. The Labute approximate surface area is 115 Å². The molecule has 3 nitrogen and oxygen atoms in total. The van der Waals surface area contributed by atoms with Gasteiger partial charge in [0.05, 0.1) is 6.42 Å². The molecule has 100 valence electrons. The van der Waals surface area contributed by atoms with Crippen LogP contribution >= 0.6 is 12.4 Å². The topological polar surface area (TPSA) is 32.3 Å². The average Bonchev–Trinajstić information content (AvgIpc) is 2.40. The first-order valence-corrected chi connectivity index (χ1v) is 6.28. The van der Waals surface area contributed by atoms with Crippen molar-refractivity contribution in [3.05, 3.63) is 35.9 Å². The molecule has 1 fully saturated rings. The van der Waals surface area contributed by atoms with E-state index < -0.39 is 0 Å². The monoisotopic (exact) mass is 268 g/mol. The Morgan fingerprint density at radius 1 is 1.28 bits per heavy atom. The molecule has 0 unspecified atom stereocenters. The number of rotatable bonds is 3. The number of halogens is 1. The van der Waals surface area contributed by atoms with Crippen LogP contribution in [-0.2, 0) is 11.2 Å². The van der Waals surface area contributed by atoms with Crippen LogP contribution in [0.25, 0.3) is 0 Å². The van der Waals surface area contributed by atoms with Crippen molar-refractivity contribution in [1.82, 2.24) is 10.2 Å². The van der Waals surface area contributed by atoms with E-state index in [9.17, 15) is 4.79 Å². The molecule has 1 amide bonds. The molecule has 0 saturated carbocycles. The van der Waals surface area contributed by atoms with Gasteiger partial charge in [0, 0.05) is 19.1 Å². The van der Waals surface area contributed by atoms with Crippen LogP contribution in [0.3, 0.4) is 0 Å². The van der Waals surface area contributed by atoms with Gasteiger partial charge in [0.1, 0.15) is 0 Å². The smallest absolute Gasteiger partial charge is 0.226 e. The molecule has 1 aliphatic heterocycles. The van der Waals surface area contributed by atoms with Crippen molar-refractivity contribution in [2.24, 2.45) is 0 Å². The maximum absolute atomic E-state index is 12.1. The lowest BCUT2D eigenvalue weighted by molar-refractivity contribution is -0.131. The summed E-state index contributed by atoms with van der Waals surface area (Å²) in [6.07, 6.45) is 2.67. The molecule has 0 radical (unpaired) electrons. The Morgan fingerprint density at radius 3 is 2.44 bits per heavy atom. The third kappa shape index (κ3) is 4.00. The fourth-order valence-corrected chi connectivity index (χ4v) is 2.30. The lowest BCUT2D eigenvalue weighted by atomic mass is 10.0. The van der Waals surface area contributed by atoms with Crippen molar-refractivity contribution in [1.29, 1.82) is 0 Å². The van der Waals surface area contributed by atoms with E-state index in [1.165, 1.54) is 0 Å². The predicted octanol–water partition coefficient (Wildman–Crippen LogP) is 1.86. The van der Waals surface area contributed by atoms with Gasteiger partial charge in [-0.1, -0.05) is 30.3 Å². The zero-order valence-corrected chi connectivity index (χ0v) is 11.6. The summed E-state index contributed by atoms with van der Waals surface area (Å²) in [4.78, 5) is 14.1. The summed E-state index contributed by atoms with van der Waals surface area (Å²) < 4.78 is 0.